The quantitative estimate of drug-likeness (QED) is 0.687. The van der Waals surface area contributed by atoms with Crippen molar-refractivity contribution in [1.29, 1.82) is 0 Å². The second-order valence-corrected chi connectivity index (χ2v) is 5.90. The second-order valence-electron chi connectivity index (χ2n) is 4.99. The van der Waals surface area contributed by atoms with Crippen LogP contribution in [0.1, 0.15) is 6.92 Å². The van der Waals surface area contributed by atoms with Crippen LogP contribution in [-0.2, 0) is 0 Å². The van der Waals surface area contributed by atoms with Gasteiger partial charge in [0.25, 0.3) is 0 Å². The Balaban J connectivity index is 2.11. The Hall–Kier alpha value is -2.61. The molecule has 0 amide bonds. The van der Waals surface area contributed by atoms with Crippen LogP contribution in [0.5, 0.6) is 5.75 Å². The van der Waals surface area contributed by atoms with Crippen molar-refractivity contribution in [3.8, 4) is 22.8 Å². The lowest BCUT2D eigenvalue weighted by Crippen LogP contribution is -2.17. The van der Waals surface area contributed by atoms with E-state index in [1.807, 2.05) is 41.2 Å². The summed E-state index contributed by atoms with van der Waals surface area (Å²) in [6, 6.07) is 15.2. The first kappa shape index (κ1) is 17.2. The van der Waals surface area contributed by atoms with Gasteiger partial charge in [-0.25, -0.2) is 3.96 Å². The van der Waals surface area contributed by atoms with Crippen LogP contribution in [0.15, 0.2) is 59.6 Å². The lowest BCUT2D eigenvalue weighted by Gasteiger charge is -2.10. The predicted molar refractivity (Wildman–Crippen MR) is 89.7 cm³/mol. The summed E-state index contributed by atoms with van der Waals surface area (Å²) < 4.78 is 43.2. The van der Waals surface area contributed by atoms with E-state index in [0.29, 0.717) is 22.7 Å². The Bertz CT molecular complexity index is 917. The molecular weight excluding hydrogens is 351 g/mol. The zero-order valence-electron chi connectivity index (χ0n) is 13.2. The third-order valence-corrected chi connectivity index (χ3v) is 4.13. The Morgan fingerprint density at radius 3 is 2.56 bits per heavy atom. The minimum atomic E-state index is -4.74. The summed E-state index contributed by atoms with van der Waals surface area (Å²) in [6.45, 7) is 2.46. The maximum Gasteiger partial charge on any atom is 0.573 e. The van der Waals surface area contributed by atoms with Crippen LogP contribution in [0.25, 0.3) is 17.1 Å². The molecule has 0 radical (unpaired) electrons. The fourth-order valence-corrected chi connectivity index (χ4v) is 3.17. The molecule has 3 aromatic rings. The third-order valence-electron chi connectivity index (χ3n) is 3.18. The topological polar surface area (TPSA) is 39.4 Å². The number of halogens is 3. The van der Waals surface area contributed by atoms with Gasteiger partial charge in [-0.3, -0.25) is 4.99 Å². The number of hydrogen-bond donors (Lipinski definition) is 0. The molecule has 3 rings (SSSR count). The molecule has 0 unspecified atom stereocenters. The molecule has 4 nitrogen and oxygen atoms in total. The van der Waals surface area contributed by atoms with E-state index in [0.717, 1.165) is 5.69 Å². The van der Waals surface area contributed by atoms with E-state index in [2.05, 4.69) is 14.7 Å². The molecule has 0 atom stereocenters. The molecule has 2 aromatic carbocycles. The SMILES string of the molecule is CCN=c1nc(-c2cccc(OC(F)(F)F)c2)n(-c2ccccc2)s1. The van der Waals surface area contributed by atoms with Crippen molar-refractivity contribution in [1.82, 2.24) is 8.94 Å². The number of alkyl halides is 3. The zero-order chi connectivity index (χ0) is 17.9. The number of hydrogen-bond acceptors (Lipinski definition) is 4. The molecule has 0 N–H and O–H groups in total. The maximum absolute atomic E-state index is 12.5. The fourth-order valence-electron chi connectivity index (χ4n) is 2.23. The van der Waals surface area contributed by atoms with Crippen LogP contribution in [-0.4, -0.2) is 21.8 Å². The van der Waals surface area contributed by atoms with Gasteiger partial charge in [0, 0.05) is 12.1 Å². The van der Waals surface area contributed by atoms with Crippen molar-refractivity contribution in [3.05, 3.63) is 59.4 Å². The highest BCUT2D eigenvalue weighted by atomic mass is 32.1. The van der Waals surface area contributed by atoms with E-state index in [9.17, 15) is 13.2 Å². The monoisotopic (exact) mass is 365 g/mol. The molecule has 8 heteroatoms. The lowest BCUT2D eigenvalue weighted by molar-refractivity contribution is -0.274. The van der Waals surface area contributed by atoms with Gasteiger partial charge in [-0.15, -0.1) is 13.2 Å². The number of nitrogens with zero attached hydrogens (tertiary/aromatic N) is 3. The summed E-state index contributed by atoms with van der Waals surface area (Å²) in [5.41, 5.74) is 1.37. The molecular formula is C17H14F3N3OS. The van der Waals surface area contributed by atoms with Crippen molar-refractivity contribution in [2.24, 2.45) is 4.99 Å². The molecule has 1 heterocycles. The van der Waals surface area contributed by atoms with Crippen molar-refractivity contribution in [3.63, 3.8) is 0 Å². The van der Waals surface area contributed by atoms with Gasteiger partial charge >= 0.3 is 6.36 Å². The smallest absolute Gasteiger partial charge is 0.406 e. The van der Waals surface area contributed by atoms with Crippen LogP contribution in [0.4, 0.5) is 13.2 Å². The first-order chi connectivity index (χ1) is 12.0. The highest BCUT2D eigenvalue weighted by Gasteiger charge is 2.31. The van der Waals surface area contributed by atoms with Crippen molar-refractivity contribution in [2.75, 3.05) is 6.54 Å². The normalized spacial score (nSPS) is 12.4. The van der Waals surface area contributed by atoms with E-state index in [1.165, 1.54) is 29.7 Å². The van der Waals surface area contributed by atoms with Crippen molar-refractivity contribution < 1.29 is 17.9 Å². The van der Waals surface area contributed by atoms with Gasteiger partial charge in [0.2, 0.25) is 4.80 Å². The lowest BCUT2D eigenvalue weighted by atomic mass is 10.2. The number of para-hydroxylation sites is 1. The number of benzene rings is 2. The van der Waals surface area contributed by atoms with Crippen molar-refractivity contribution >= 4 is 11.5 Å². The number of aromatic nitrogens is 2. The van der Waals surface area contributed by atoms with E-state index in [1.54, 1.807) is 6.07 Å². The van der Waals surface area contributed by atoms with Gasteiger partial charge < -0.3 is 4.74 Å². The summed E-state index contributed by atoms with van der Waals surface area (Å²) >= 11 is 1.33. The van der Waals surface area contributed by atoms with Gasteiger partial charge in [0.15, 0.2) is 5.82 Å². The Kier molecular flexibility index (Phi) is 4.89. The molecule has 0 spiro atoms. The predicted octanol–water partition coefficient (Wildman–Crippen LogP) is 4.42. The first-order valence-corrected chi connectivity index (χ1v) is 8.26. The largest absolute Gasteiger partial charge is 0.573 e. The zero-order valence-corrected chi connectivity index (χ0v) is 14.0. The number of rotatable bonds is 4. The molecule has 0 aliphatic carbocycles. The van der Waals surface area contributed by atoms with E-state index in [4.69, 9.17) is 0 Å². The van der Waals surface area contributed by atoms with Gasteiger partial charge in [0.1, 0.15) is 5.75 Å². The van der Waals surface area contributed by atoms with Crippen molar-refractivity contribution in [2.45, 2.75) is 13.3 Å². The first-order valence-electron chi connectivity index (χ1n) is 7.49. The highest BCUT2D eigenvalue weighted by molar-refractivity contribution is 7.04. The average Bonchev–Trinajstić information content (AvgIpc) is 2.99. The average molecular weight is 365 g/mol. The molecule has 0 saturated heterocycles. The third kappa shape index (κ3) is 4.27. The summed E-state index contributed by atoms with van der Waals surface area (Å²) in [5.74, 6) is 0.225. The van der Waals surface area contributed by atoms with E-state index < -0.39 is 6.36 Å². The molecule has 130 valence electrons. The Morgan fingerprint density at radius 2 is 1.88 bits per heavy atom. The van der Waals surface area contributed by atoms with Gasteiger partial charge in [-0.1, -0.05) is 30.3 Å². The molecule has 0 aliphatic rings. The molecule has 0 aliphatic heterocycles. The van der Waals surface area contributed by atoms with Crippen LogP contribution >= 0.6 is 11.5 Å². The molecule has 25 heavy (non-hydrogen) atoms. The molecule has 0 bridgehead atoms. The minimum absolute atomic E-state index is 0.286. The molecule has 0 fully saturated rings. The van der Waals surface area contributed by atoms with Gasteiger partial charge in [-0.2, -0.15) is 4.98 Å². The van der Waals surface area contributed by atoms with E-state index in [-0.39, 0.29) is 5.75 Å². The van der Waals surface area contributed by atoms with Crippen LogP contribution in [0.2, 0.25) is 0 Å². The van der Waals surface area contributed by atoms with Crippen LogP contribution in [0.3, 0.4) is 0 Å². The Labute approximate surface area is 146 Å². The highest BCUT2D eigenvalue weighted by Crippen LogP contribution is 2.28. The standard InChI is InChI=1S/C17H14F3N3OS/c1-2-21-16-22-15(23(25-16)13-8-4-3-5-9-13)12-7-6-10-14(11-12)24-17(18,19)20/h3-11H,2H2,1H3. The fraction of sp³-hybridized carbons (Fsp3) is 0.176. The summed E-state index contributed by atoms with van der Waals surface area (Å²) in [5, 5.41) is 0. The summed E-state index contributed by atoms with van der Waals surface area (Å²) in [7, 11) is 0. The Morgan fingerprint density at radius 1 is 1.12 bits per heavy atom. The van der Waals surface area contributed by atoms with Gasteiger partial charge in [0.05, 0.1) is 5.69 Å². The summed E-state index contributed by atoms with van der Waals surface area (Å²) in [4.78, 5) is 9.32. The number of ether oxygens (including phenoxy) is 1. The minimum Gasteiger partial charge on any atom is -0.406 e. The van der Waals surface area contributed by atoms with Gasteiger partial charge in [-0.05, 0) is 42.7 Å². The van der Waals surface area contributed by atoms with Crippen LogP contribution in [0, 0.1) is 0 Å². The van der Waals surface area contributed by atoms with Crippen LogP contribution < -0.4 is 9.54 Å². The molecule has 0 saturated carbocycles. The maximum atomic E-state index is 12.5. The van der Waals surface area contributed by atoms with E-state index >= 15 is 0 Å². The second kappa shape index (κ2) is 7.10. The molecule has 1 aromatic heterocycles. The summed E-state index contributed by atoms with van der Waals surface area (Å²) in [6.07, 6.45) is -4.74.